The maximum absolute atomic E-state index is 11.2. The molecule has 1 unspecified atom stereocenters. The van der Waals surface area contributed by atoms with Gasteiger partial charge in [-0.2, -0.15) is 0 Å². The van der Waals surface area contributed by atoms with Gasteiger partial charge in [0.05, 0.1) is 6.54 Å². The lowest BCUT2D eigenvalue weighted by Gasteiger charge is -2.28. The molecule has 0 saturated heterocycles. The number of carboxylic acid groups (broad SMARTS) is 1. The summed E-state index contributed by atoms with van der Waals surface area (Å²) in [5.74, 6) is 0.230. The van der Waals surface area contributed by atoms with Crippen molar-refractivity contribution in [2.45, 2.75) is 44.8 Å². The fourth-order valence-corrected chi connectivity index (χ4v) is 2.46. The van der Waals surface area contributed by atoms with Crippen molar-refractivity contribution in [3.8, 4) is 0 Å². The molecule has 7 nitrogen and oxygen atoms in total. The van der Waals surface area contributed by atoms with Crippen LogP contribution in [-0.4, -0.2) is 56.4 Å². The summed E-state index contributed by atoms with van der Waals surface area (Å²) in [7, 11) is 1.70. The van der Waals surface area contributed by atoms with E-state index in [9.17, 15) is 9.90 Å². The van der Waals surface area contributed by atoms with Crippen LogP contribution >= 0.6 is 0 Å². The van der Waals surface area contributed by atoms with Gasteiger partial charge in [0.25, 0.3) is 0 Å². The van der Waals surface area contributed by atoms with E-state index in [-0.39, 0.29) is 0 Å². The summed E-state index contributed by atoms with van der Waals surface area (Å²) in [6.45, 7) is 5.49. The maximum atomic E-state index is 11.2. The Hall–Kier alpha value is -1.47. The van der Waals surface area contributed by atoms with Crippen LogP contribution in [0, 0.1) is 0 Å². The van der Waals surface area contributed by atoms with E-state index in [0.717, 1.165) is 44.8 Å². The molecule has 0 aromatic carbocycles. The molecule has 1 aliphatic heterocycles. The van der Waals surface area contributed by atoms with Gasteiger partial charge in [0.1, 0.15) is 17.7 Å². The molecule has 7 heteroatoms. The van der Waals surface area contributed by atoms with E-state index >= 15 is 0 Å². The number of fused-ring (bicyclic) bond motifs is 1. The molecule has 1 atom stereocenters. The zero-order valence-corrected chi connectivity index (χ0v) is 12.2. The molecule has 0 fully saturated rings. The van der Waals surface area contributed by atoms with E-state index in [4.69, 9.17) is 0 Å². The number of aliphatic carboxylic acids is 1. The number of aromatic nitrogens is 3. The highest BCUT2D eigenvalue weighted by Crippen LogP contribution is 2.15. The Balaban J connectivity index is 1.71. The van der Waals surface area contributed by atoms with E-state index in [2.05, 4.69) is 25.0 Å². The number of carboxylic acids is 1. The molecule has 0 spiro atoms. The second kappa shape index (κ2) is 6.32. The van der Waals surface area contributed by atoms with Crippen molar-refractivity contribution in [1.29, 1.82) is 0 Å². The topological polar surface area (TPSA) is 83.3 Å². The van der Waals surface area contributed by atoms with Crippen LogP contribution in [0.2, 0.25) is 0 Å². The van der Waals surface area contributed by atoms with Crippen LogP contribution in [0.4, 0.5) is 0 Å². The van der Waals surface area contributed by atoms with Gasteiger partial charge >= 0.3 is 5.97 Å². The van der Waals surface area contributed by atoms with Gasteiger partial charge in [0.2, 0.25) is 0 Å². The van der Waals surface area contributed by atoms with Gasteiger partial charge < -0.3 is 15.0 Å². The van der Waals surface area contributed by atoms with Crippen LogP contribution in [0.25, 0.3) is 0 Å². The van der Waals surface area contributed by atoms with Crippen molar-refractivity contribution in [2.75, 3.05) is 20.1 Å². The van der Waals surface area contributed by atoms with Crippen molar-refractivity contribution in [3.63, 3.8) is 0 Å². The Morgan fingerprint density at radius 2 is 2.30 bits per heavy atom. The van der Waals surface area contributed by atoms with E-state index in [1.165, 1.54) is 0 Å². The Kier molecular flexibility index (Phi) is 4.72. The molecule has 0 bridgehead atoms. The highest BCUT2D eigenvalue weighted by Gasteiger charge is 2.30. The fraction of sp³-hybridized carbons (Fsp3) is 0.769. The first-order valence-electron chi connectivity index (χ1n) is 7.06. The number of carbonyl (C=O) groups is 1. The minimum atomic E-state index is -0.817. The van der Waals surface area contributed by atoms with Gasteiger partial charge in [-0.05, 0) is 39.8 Å². The third-order valence-corrected chi connectivity index (χ3v) is 4.14. The minimum Gasteiger partial charge on any atom is -0.480 e. The van der Waals surface area contributed by atoms with Crippen LogP contribution in [0.3, 0.4) is 0 Å². The van der Waals surface area contributed by atoms with Gasteiger partial charge in [-0.1, -0.05) is 0 Å². The first-order valence-corrected chi connectivity index (χ1v) is 7.06. The third kappa shape index (κ3) is 3.34. The molecule has 0 amide bonds. The lowest BCUT2D eigenvalue weighted by molar-refractivity contribution is -0.144. The van der Waals surface area contributed by atoms with Crippen molar-refractivity contribution < 1.29 is 9.90 Å². The highest BCUT2D eigenvalue weighted by atomic mass is 16.4. The summed E-state index contributed by atoms with van der Waals surface area (Å²) in [5.41, 5.74) is -0.817. The monoisotopic (exact) mass is 281 g/mol. The third-order valence-electron chi connectivity index (χ3n) is 4.14. The summed E-state index contributed by atoms with van der Waals surface area (Å²) >= 11 is 0. The Morgan fingerprint density at radius 3 is 3.00 bits per heavy atom. The molecule has 0 saturated carbocycles. The zero-order valence-electron chi connectivity index (χ0n) is 12.2. The molecule has 112 valence electrons. The molecule has 20 heavy (non-hydrogen) atoms. The van der Waals surface area contributed by atoms with Crippen LogP contribution in [0.15, 0.2) is 6.33 Å². The number of likely N-dealkylation sites (N-methyl/N-ethyl adjacent to an activating group) is 1. The van der Waals surface area contributed by atoms with E-state index in [1.54, 1.807) is 20.3 Å². The predicted molar refractivity (Wildman–Crippen MR) is 74.3 cm³/mol. The zero-order chi connectivity index (χ0) is 14.6. The maximum Gasteiger partial charge on any atom is 0.323 e. The Bertz CT molecular complexity index is 461. The first kappa shape index (κ1) is 14.9. The van der Waals surface area contributed by atoms with Crippen molar-refractivity contribution in [3.05, 3.63) is 12.2 Å². The van der Waals surface area contributed by atoms with Crippen LogP contribution in [-0.2, 0) is 17.9 Å². The Morgan fingerprint density at radius 1 is 1.50 bits per heavy atom. The van der Waals surface area contributed by atoms with Crippen LogP contribution in [0.5, 0.6) is 0 Å². The summed E-state index contributed by atoms with van der Waals surface area (Å²) < 4.78 is 2.08. The van der Waals surface area contributed by atoms with Gasteiger partial charge in [0.15, 0.2) is 0 Å². The average Bonchev–Trinajstić information content (AvgIpc) is 2.90. The number of hydrogen-bond donors (Lipinski definition) is 2. The largest absolute Gasteiger partial charge is 0.480 e. The summed E-state index contributed by atoms with van der Waals surface area (Å²) in [4.78, 5) is 13.5. The van der Waals surface area contributed by atoms with E-state index in [1.807, 2.05) is 0 Å². The number of unbranched alkanes of at least 4 members (excludes halogenated alkanes) is 1. The lowest BCUT2D eigenvalue weighted by Crippen LogP contribution is -2.47. The first-order chi connectivity index (χ1) is 9.55. The summed E-state index contributed by atoms with van der Waals surface area (Å²) in [6.07, 6.45) is 4.31. The normalized spacial score (nSPS) is 18.5. The number of nitrogens with zero attached hydrogens (tertiary/aromatic N) is 4. The molecule has 0 aliphatic carbocycles. The smallest absolute Gasteiger partial charge is 0.323 e. The molecular formula is C13H23N5O2. The fourth-order valence-electron chi connectivity index (χ4n) is 2.46. The Labute approximate surface area is 119 Å². The number of rotatable bonds is 7. The molecule has 1 aromatic heterocycles. The van der Waals surface area contributed by atoms with Gasteiger partial charge in [-0.3, -0.25) is 9.69 Å². The van der Waals surface area contributed by atoms with Crippen molar-refractivity contribution in [2.24, 2.45) is 0 Å². The molecule has 2 heterocycles. The second-order valence-corrected chi connectivity index (χ2v) is 5.56. The van der Waals surface area contributed by atoms with Crippen LogP contribution < -0.4 is 5.32 Å². The second-order valence-electron chi connectivity index (χ2n) is 5.56. The summed E-state index contributed by atoms with van der Waals surface area (Å²) in [6, 6.07) is 0. The number of hydrogen-bond acceptors (Lipinski definition) is 5. The standard InChI is InChI=1S/C13H23N5O2/c1-13(14-2,12(19)20)5-3-4-6-17-7-8-18-10-15-16-11(18)9-17/h10,14H,3-9H2,1-2H3,(H,19,20). The van der Waals surface area contributed by atoms with Gasteiger partial charge in [0, 0.05) is 13.1 Å². The molecule has 1 aliphatic rings. The van der Waals surface area contributed by atoms with E-state index < -0.39 is 11.5 Å². The van der Waals surface area contributed by atoms with Gasteiger partial charge in [-0.15, -0.1) is 10.2 Å². The highest BCUT2D eigenvalue weighted by molar-refractivity contribution is 5.78. The molecule has 2 N–H and O–H groups in total. The lowest BCUT2D eigenvalue weighted by atomic mass is 9.95. The van der Waals surface area contributed by atoms with Crippen molar-refractivity contribution in [1.82, 2.24) is 25.0 Å². The van der Waals surface area contributed by atoms with Gasteiger partial charge in [-0.25, -0.2) is 0 Å². The molecule has 1 aromatic rings. The van der Waals surface area contributed by atoms with E-state index in [0.29, 0.717) is 6.42 Å². The van der Waals surface area contributed by atoms with Crippen LogP contribution in [0.1, 0.15) is 32.0 Å². The number of nitrogens with one attached hydrogen (secondary N) is 1. The summed E-state index contributed by atoms with van der Waals surface area (Å²) in [5, 5.41) is 20.1. The predicted octanol–water partition coefficient (Wildman–Crippen LogP) is 0.327. The SMILES string of the molecule is CNC(C)(CCCCN1CCn2cnnc2C1)C(=O)O. The van der Waals surface area contributed by atoms with Crippen molar-refractivity contribution >= 4 is 5.97 Å². The molecule has 2 rings (SSSR count). The minimum absolute atomic E-state index is 0.642. The molecular weight excluding hydrogens is 258 g/mol. The quantitative estimate of drug-likeness (QED) is 0.701. The molecule has 0 radical (unpaired) electrons. The average molecular weight is 281 g/mol.